The van der Waals surface area contributed by atoms with Gasteiger partial charge in [-0.3, -0.25) is 4.68 Å². The maximum atomic E-state index is 12.1. The predicted molar refractivity (Wildman–Crippen MR) is 80.3 cm³/mol. The molecule has 1 unspecified atom stereocenters. The Morgan fingerprint density at radius 3 is 2.71 bits per heavy atom. The van der Waals surface area contributed by atoms with Crippen molar-refractivity contribution in [2.45, 2.75) is 26.8 Å². The molecule has 6 heteroatoms. The van der Waals surface area contributed by atoms with E-state index in [0.29, 0.717) is 12.0 Å². The first-order valence-corrected chi connectivity index (χ1v) is 7.71. The zero-order valence-electron chi connectivity index (χ0n) is 13.0. The summed E-state index contributed by atoms with van der Waals surface area (Å²) in [5.74, 6) is -0.0548. The number of anilines is 1. The Morgan fingerprint density at radius 2 is 2.19 bits per heavy atom. The van der Waals surface area contributed by atoms with Gasteiger partial charge in [0.2, 0.25) is 0 Å². The average Bonchev–Trinajstić information content (AvgIpc) is 2.74. The van der Waals surface area contributed by atoms with Gasteiger partial charge in [0.1, 0.15) is 0 Å². The molecule has 0 amide bonds. The van der Waals surface area contributed by atoms with E-state index in [2.05, 4.69) is 15.3 Å². The minimum absolute atomic E-state index is 0.148. The molecule has 21 heavy (non-hydrogen) atoms. The first-order valence-electron chi connectivity index (χ1n) is 7.71. The van der Waals surface area contributed by atoms with Crippen molar-refractivity contribution in [2.75, 3.05) is 37.7 Å². The molecular formula is C15H24N4O2. The molecule has 2 fully saturated rings. The van der Waals surface area contributed by atoms with Crippen LogP contribution in [-0.2, 0) is 9.53 Å². The third-order valence-electron chi connectivity index (χ3n) is 4.45. The number of ether oxygens (including phenoxy) is 1. The fourth-order valence-electron chi connectivity index (χ4n) is 3.20. The number of nitrogens with zero attached hydrogens (tertiary/aromatic N) is 3. The van der Waals surface area contributed by atoms with Gasteiger partial charge in [-0.05, 0) is 12.8 Å². The van der Waals surface area contributed by atoms with E-state index in [9.17, 15) is 4.79 Å². The van der Waals surface area contributed by atoms with Gasteiger partial charge in [0, 0.05) is 37.8 Å². The van der Waals surface area contributed by atoms with Crippen LogP contribution in [0.15, 0.2) is 12.4 Å². The van der Waals surface area contributed by atoms with Crippen LogP contribution in [-0.4, -0.2) is 48.5 Å². The normalized spacial score (nSPS) is 21.0. The Bertz CT molecular complexity index is 513. The second kappa shape index (κ2) is 5.33. The number of rotatable bonds is 5. The van der Waals surface area contributed by atoms with E-state index in [1.807, 2.05) is 33.2 Å². The van der Waals surface area contributed by atoms with Crippen molar-refractivity contribution < 1.29 is 9.53 Å². The maximum absolute atomic E-state index is 12.1. The fourth-order valence-corrected chi connectivity index (χ4v) is 3.20. The van der Waals surface area contributed by atoms with E-state index in [1.165, 1.54) is 0 Å². The number of aromatic nitrogens is 2. The lowest BCUT2D eigenvalue weighted by Crippen LogP contribution is -2.71. The number of carbonyl (C=O) groups is 1. The summed E-state index contributed by atoms with van der Waals surface area (Å²) >= 11 is 0. The van der Waals surface area contributed by atoms with Gasteiger partial charge >= 0.3 is 5.97 Å². The molecular weight excluding hydrogens is 268 g/mol. The van der Waals surface area contributed by atoms with Crippen molar-refractivity contribution in [3.05, 3.63) is 12.4 Å². The van der Waals surface area contributed by atoms with Crippen LogP contribution >= 0.6 is 0 Å². The van der Waals surface area contributed by atoms with Crippen molar-refractivity contribution in [1.29, 1.82) is 0 Å². The van der Waals surface area contributed by atoms with Crippen molar-refractivity contribution in [3.63, 3.8) is 0 Å². The lowest BCUT2D eigenvalue weighted by molar-refractivity contribution is -0.149. The highest BCUT2D eigenvalue weighted by molar-refractivity contribution is 5.74. The van der Waals surface area contributed by atoms with Gasteiger partial charge in [-0.1, -0.05) is 13.8 Å². The van der Waals surface area contributed by atoms with Gasteiger partial charge in [0.15, 0.2) is 6.04 Å². The van der Waals surface area contributed by atoms with Crippen LogP contribution in [0, 0.1) is 11.3 Å². The predicted octanol–water partition coefficient (Wildman–Crippen LogP) is 1.05. The van der Waals surface area contributed by atoms with Crippen molar-refractivity contribution >= 4 is 11.7 Å². The van der Waals surface area contributed by atoms with Gasteiger partial charge < -0.3 is 15.0 Å². The maximum Gasteiger partial charge on any atom is 0.331 e. The Labute approximate surface area is 125 Å². The summed E-state index contributed by atoms with van der Waals surface area (Å²) in [6.07, 6.45) is 3.83. The van der Waals surface area contributed by atoms with E-state index < -0.39 is 0 Å². The monoisotopic (exact) mass is 292 g/mol. The molecule has 0 aromatic carbocycles. The van der Waals surface area contributed by atoms with E-state index in [1.54, 1.807) is 4.68 Å². The minimum Gasteiger partial charge on any atom is -0.464 e. The Morgan fingerprint density at radius 1 is 1.48 bits per heavy atom. The van der Waals surface area contributed by atoms with Crippen LogP contribution in [0.2, 0.25) is 0 Å². The SMILES string of the molecule is CCOC(=O)C(C(C)C)n1cc(N2CC3(CNC3)C2)cn1. The molecule has 1 aromatic heterocycles. The first-order chi connectivity index (χ1) is 10.0. The Hall–Kier alpha value is -1.56. The molecule has 3 heterocycles. The minimum atomic E-state index is -0.348. The number of nitrogens with one attached hydrogen (secondary N) is 1. The summed E-state index contributed by atoms with van der Waals surface area (Å²) in [7, 11) is 0. The molecule has 1 spiro atoms. The summed E-state index contributed by atoms with van der Waals surface area (Å²) in [5, 5.41) is 7.73. The summed E-state index contributed by atoms with van der Waals surface area (Å²) in [6, 6.07) is -0.348. The molecule has 2 aliphatic rings. The second-order valence-corrected chi connectivity index (χ2v) is 6.58. The average molecular weight is 292 g/mol. The molecule has 0 bridgehead atoms. The van der Waals surface area contributed by atoms with Crippen LogP contribution in [0.1, 0.15) is 26.8 Å². The van der Waals surface area contributed by atoms with Gasteiger partial charge in [-0.15, -0.1) is 0 Å². The zero-order valence-corrected chi connectivity index (χ0v) is 13.0. The largest absolute Gasteiger partial charge is 0.464 e. The molecule has 2 saturated heterocycles. The summed E-state index contributed by atoms with van der Waals surface area (Å²) in [4.78, 5) is 14.4. The molecule has 1 atom stereocenters. The molecule has 6 nitrogen and oxygen atoms in total. The molecule has 0 aliphatic carbocycles. The summed E-state index contributed by atoms with van der Waals surface area (Å²) < 4.78 is 6.92. The topological polar surface area (TPSA) is 59.4 Å². The molecule has 3 rings (SSSR count). The molecule has 2 aliphatic heterocycles. The van der Waals surface area contributed by atoms with Gasteiger partial charge in [-0.2, -0.15) is 5.10 Å². The van der Waals surface area contributed by atoms with Crippen molar-refractivity contribution in [2.24, 2.45) is 11.3 Å². The van der Waals surface area contributed by atoms with E-state index in [4.69, 9.17) is 4.74 Å². The zero-order chi connectivity index (χ0) is 15.0. The molecule has 1 aromatic rings. The number of esters is 1. The summed E-state index contributed by atoms with van der Waals surface area (Å²) in [6.45, 7) is 10.7. The highest BCUT2D eigenvalue weighted by Gasteiger charge is 2.47. The third-order valence-corrected chi connectivity index (χ3v) is 4.45. The Kier molecular flexibility index (Phi) is 3.65. The van der Waals surface area contributed by atoms with E-state index >= 15 is 0 Å². The van der Waals surface area contributed by atoms with Gasteiger partial charge in [-0.25, -0.2) is 4.79 Å². The van der Waals surface area contributed by atoms with Gasteiger partial charge in [0.05, 0.1) is 18.5 Å². The molecule has 1 N–H and O–H groups in total. The van der Waals surface area contributed by atoms with Crippen molar-refractivity contribution in [3.8, 4) is 0 Å². The second-order valence-electron chi connectivity index (χ2n) is 6.58. The van der Waals surface area contributed by atoms with Crippen LogP contribution in [0.3, 0.4) is 0 Å². The van der Waals surface area contributed by atoms with Crippen LogP contribution in [0.4, 0.5) is 5.69 Å². The van der Waals surface area contributed by atoms with Crippen LogP contribution < -0.4 is 10.2 Å². The molecule has 116 valence electrons. The van der Waals surface area contributed by atoms with E-state index in [-0.39, 0.29) is 17.9 Å². The van der Waals surface area contributed by atoms with E-state index in [0.717, 1.165) is 31.9 Å². The van der Waals surface area contributed by atoms with Crippen LogP contribution in [0.25, 0.3) is 0 Å². The Balaban J connectivity index is 1.69. The lowest BCUT2D eigenvalue weighted by atomic mass is 9.74. The van der Waals surface area contributed by atoms with Gasteiger partial charge in [0.25, 0.3) is 0 Å². The number of hydrogen-bond acceptors (Lipinski definition) is 5. The standard InChI is InChI=1S/C15H24N4O2/c1-4-21-14(20)13(11(2)3)19-6-12(5-17-19)18-9-15(10-18)7-16-8-15/h5-6,11,13,16H,4,7-10H2,1-3H3. The van der Waals surface area contributed by atoms with Crippen molar-refractivity contribution in [1.82, 2.24) is 15.1 Å². The first kappa shape index (κ1) is 14.4. The highest BCUT2D eigenvalue weighted by Crippen LogP contribution is 2.37. The third kappa shape index (κ3) is 2.52. The smallest absolute Gasteiger partial charge is 0.331 e. The number of carbonyl (C=O) groups excluding carboxylic acids is 1. The quantitative estimate of drug-likeness (QED) is 0.822. The highest BCUT2D eigenvalue weighted by atomic mass is 16.5. The summed E-state index contributed by atoms with van der Waals surface area (Å²) in [5.41, 5.74) is 1.59. The lowest BCUT2D eigenvalue weighted by Gasteiger charge is -2.56. The molecule has 0 radical (unpaired) electrons. The molecule has 0 saturated carbocycles. The van der Waals surface area contributed by atoms with Crippen LogP contribution in [0.5, 0.6) is 0 Å². The fraction of sp³-hybridized carbons (Fsp3) is 0.733. The number of hydrogen-bond donors (Lipinski definition) is 1.